The molecule has 10 nitrogen and oxygen atoms in total. The van der Waals surface area contributed by atoms with E-state index in [-0.39, 0.29) is 11.5 Å². The number of rotatable bonds is 8. The van der Waals surface area contributed by atoms with E-state index >= 15 is 0 Å². The lowest BCUT2D eigenvalue weighted by atomic mass is 10.1. The highest BCUT2D eigenvalue weighted by Crippen LogP contribution is 2.57. The zero-order valence-corrected chi connectivity index (χ0v) is 20.6. The van der Waals surface area contributed by atoms with Gasteiger partial charge in [-0.2, -0.15) is 0 Å². The summed E-state index contributed by atoms with van der Waals surface area (Å²) < 4.78 is 54.8. The van der Waals surface area contributed by atoms with Gasteiger partial charge in [0.2, 0.25) is 0 Å². The van der Waals surface area contributed by atoms with Gasteiger partial charge in [-0.25, -0.2) is 4.57 Å². The molecule has 0 amide bonds. The Morgan fingerprint density at radius 1 is 0.886 bits per heavy atom. The number of carbonyl (C=O) groups is 2. The van der Waals surface area contributed by atoms with Crippen LogP contribution in [0.5, 0.6) is 11.5 Å². The van der Waals surface area contributed by atoms with E-state index in [4.69, 9.17) is 32.7 Å². The van der Waals surface area contributed by atoms with Crippen LogP contribution in [0.3, 0.4) is 0 Å². The number of hydrogen-bond donors (Lipinski definition) is 0. The van der Waals surface area contributed by atoms with Crippen LogP contribution in [0.15, 0.2) is 60.7 Å². The van der Waals surface area contributed by atoms with Gasteiger partial charge in [-0.3, -0.25) is 9.59 Å². The van der Waals surface area contributed by atoms with Crippen molar-refractivity contribution < 1.29 is 46.9 Å². The average molecular weight is 506 g/mol. The van der Waals surface area contributed by atoms with Crippen molar-refractivity contribution >= 4 is 19.5 Å². The van der Waals surface area contributed by atoms with Gasteiger partial charge in [-0.1, -0.05) is 36.4 Å². The Labute approximate surface area is 202 Å². The molecule has 0 unspecified atom stereocenters. The molecule has 2 heterocycles. The molecule has 188 valence electrons. The van der Waals surface area contributed by atoms with Crippen LogP contribution in [0.25, 0.3) is 0 Å². The molecule has 0 aliphatic carbocycles. The highest BCUT2D eigenvalue weighted by molar-refractivity contribution is 7.55. The van der Waals surface area contributed by atoms with Crippen molar-refractivity contribution in [1.82, 2.24) is 0 Å². The summed E-state index contributed by atoms with van der Waals surface area (Å²) in [5, 5.41) is 0. The number of esters is 2. The molecule has 2 aliphatic rings. The highest BCUT2D eigenvalue weighted by Gasteiger charge is 2.63. The molecule has 0 bridgehead atoms. The minimum Gasteiger partial charge on any atom is -0.457 e. The molecule has 11 heteroatoms. The van der Waals surface area contributed by atoms with E-state index in [1.807, 2.05) is 0 Å². The number of ether oxygens (including phenoxy) is 5. The lowest BCUT2D eigenvalue weighted by molar-refractivity contribution is -0.227. The molecular formula is C24H27O10P. The number of hydrogen-bond acceptors (Lipinski definition) is 10. The molecule has 0 N–H and O–H groups in total. The average Bonchev–Trinajstić information content (AvgIpc) is 3.25. The lowest BCUT2D eigenvalue weighted by Crippen LogP contribution is -2.46. The zero-order valence-electron chi connectivity index (χ0n) is 19.7. The summed E-state index contributed by atoms with van der Waals surface area (Å²) in [5.74, 6) is -3.64. The first-order valence-electron chi connectivity index (χ1n) is 11.0. The number of benzene rings is 2. The van der Waals surface area contributed by atoms with E-state index in [1.54, 1.807) is 74.5 Å². The van der Waals surface area contributed by atoms with E-state index in [0.717, 1.165) is 6.92 Å². The summed E-state index contributed by atoms with van der Waals surface area (Å²) in [5.41, 5.74) is 0. The first-order chi connectivity index (χ1) is 16.6. The summed E-state index contributed by atoms with van der Waals surface area (Å²) in [6, 6.07) is 16.6. The largest absolute Gasteiger partial charge is 0.474 e. The van der Waals surface area contributed by atoms with E-state index in [2.05, 4.69) is 0 Å². The van der Waals surface area contributed by atoms with Crippen LogP contribution in [-0.2, 0) is 37.8 Å². The standard InChI is InChI=1S/C24H27O10P/c1-15(25)28-19-20-22(32-24(3,4)31-20)30-21(19)23(29-16(2)26)35(27,33-17-11-7-5-8-12-17)34-18-13-9-6-10-14-18/h5-14,19-23H,1-4H3/t19-,20-,21+,22-,23-/m1/s1. The first kappa shape index (κ1) is 25.2. The molecule has 0 radical (unpaired) electrons. The maximum absolute atomic E-state index is 14.4. The third kappa shape index (κ3) is 5.85. The van der Waals surface area contributed by atoms with Gasteiger partial charge in [-0.15, -0.1) is 0 Å². The van der Waals surface area contributed by atoms with Crippen molar-refractivity contribution in [3.63, 3.8) is 0 Å². The Balaban J connectivity index is 1.75. The SMILES string of the molecule is CC(=O)O[C@@H]1[C@H]2OC(C)(C)O[C@H]2O[C@@H]1[C@H](OC(C)=O)P(=O)(Oc1ccccc1)Oc1ccccc1. The van der Waals surface area contributed by atoms with Crippen LogP contribution in [0.4, 0.5) is 0 Å². The second-order valence-corrected chi connectivity index (χ2v) is 10.4. The second kappa shape index (κ2) is 9.99. The molecule has 2 aromatic carbocycles. The Bertz CT molecular complexity index is 1040. The Morgan fingerprint density at radius 2 is 1.43 bits per heavy atom. The molecule has 0 saturated carbocycles. The van der Waals surface area contributed by atoms with Crippen molar-refractivity contribution in [2.24, 2.45) is 0 Å². The van der Waals surface area contributed by atoms with E-state index in [9.17, 15) is 14.2 Å². The fraction of sp³-hybridized carbons (Fsp3) is 0.417. The van der Waals surface area contributed by atoms with Crippen LogP contribution >= 0.6 is 7.60 Å². The van der Waals surface area contributed by atoms with E-state index in [0.29, 0.717) is 0 Å². The number of para-hydroxylation sites is 2. The predicted octanol–water partition coefficient (Wildman–Crippen LogP) is 4.03. The summed E-state index contributed by atoms with van der Waals surface area (Å²) >= 11 is 0. The van der Waals surface area contributed by atoms with Crippen molar-refractivity contribution in [2.45, 2.75) is 63.9 Å². The van der Waals surface area contributed by atoms with Crippen LogP contribution in [-0.4, -0.2) is 48.2 Å². The van der Waals surface area contributed by atoms with Gasteiger partial charge in [0, 0.05) is 13.8 Å². The smallest absolute Gasteiger partial charge is 0.457 e. The summed E-state index contributed by atoms with van der Waals surface area (Å²) in [7, 11) is -4.40. The molecule has 4 rings (SSSR count). The minimum absolute atomic E-state index is 0.208. The van der Waals surface area contributed by atoms with E-state index < -0.39 is 55.8 Å². The van der Waals surface area contributed by atoms with Gasteiger partial charge in [-0.05, 0) is 38.1 Å². The highest BCUT2D eigenvalue weighted by atomic mass is 31.2. The molecule has 0 spiro atoms. The monoisotopic (exact) mass is 506 g/mol. The molecule has 2 aromatic rings. The number of carbonyl (C=O) groups excluding carboxylic acids is 2. The second-order valence-electron chi connectivity index (χ2n) is 8.49. The van der Waals surface area contributed by atoms with Crippen molar-refractivity contribution in [1.29, 1.82) is 0 Å². The van der Waals surface area contributed by atoms with Crippen LogP contribution in [0, 0.1) is 0 Å². The third-order valence-corrected chi connectivity index (χ3v) is 7.11. The molecule has 0 aromatic heterocycles. The van der Waals surface area contributed by atoms with Gasteiger partial charge < -0.3 is 32.7 Å². The summed E-state index contributed by atoms with van der Waals surface area (Å²) in [6.45, 7) is 5.72. The molecule has 2 fully saturated rings. The maximum Gasteiger partial charge on any atom is 0.474 e. The molecular weight excluding hydrogens is 479 g/mol. The number of fused-ring (bicyclic) bond motifs is 1. The molecule has 35 heavy (non-hydrogen) atoms. The van der Waals surface area contributed by atoms with Crippen LogP contribution in [0.2, 0.25) is 0 Å². The van der Waals surface area contributed by atoms with Gasteiger partial charge >= 0.3 is 19.5 Å². The fourth-order valence-electron chi connectivity index (χ4n) is 3.92. The molecule has 2 saturated heterocycles. The lowest BCUT2D eigenvalue weighted by Gasteiger charge is -2.33. The summed E-state index contributed by atoms with van der Waals surface area (Å²) in [6.07, 6.45) is -4.25. The first-order valence-corrected chi connectivity index (χ1v) is 12.6. The van der Waals surface area contributed by atoms with E-state index in [1.165, 1.54) is 6.92 Å². The van der Waals surface area contributed by atoms with Crippen molar-refractivity contribution in [2.75, 3.05) is 0 Å². The minimum atomic E-state index is -4.40. The van der Waals surface area contributed by atoms with Gasteiger partial charge in [0.15, 0.2) is 30.4 Å². The maximum atomic E-state index is 14.4. The molecule has 5 atom stereocenters. The normalized spacial score (nSPS) is 25.8. The summed E-state index contributed by atoms with van der Waals surface area (Å²) in [4.78, 5) is 24.1. The van der Waals surface area contributed by atoms with Crippen molar-refractivity contribution in [3.8, 4) is 11.5 Å². The zero-order chi connectivity index (χ0) is 25.2. The fourth-order valence-corrected chi connectivity index (χ4v) is 5.87. The van der Waals surface area contributed by atoms with Gasteiger partial charge in [0.05, 0.1) is 0 Å². The third-order valence-electron chi connectivity index (χ3n) is 5.16. The van der Waals surface area contributed by atoms with Gasteiger partial charge in [0.25, 0.3) is 5.85 Å². The quantitative estimate of drug-likeness (QED) is 0.384. The Morgan fingerprint density at radius 3 is 1.91 bits per heavy atom. The van der Waals surface area contributed by atoms with Crippen molar-refractivity contribution in [3.05, 3.63) is 60.7 Å². The Hall–Kier alpha value is -2.91. The van der Waals surface area contributed by atoms with Crippen LogP contribution in [0.1, 0.15) is 27.7 Å². The molecule has 2 aliphatic heterocycles. The predicted molar refractivity (Wildman–Crippen MR) is 122 cm³/mol. The topological polar surface area (TPSA) is 116 Å². The van der Waals surface area contributed by atoms with Crippen LogP contribution < -0.4 is 9.05 Å². The van der Waals surface area contributed by atoms with Gasteiger partial charge in [0.1, 0.15) is 11.5 Å². The Kier molecular flexibility index (Phi) is 7.19.